The van der Waals surface area contributed by atoms with E-state index in [2.05, 4.69) is 14.2 Å². The Balaban J connectivity index is 1.69. The van der Waals surface area contributed by atoms with Crippen molar-refractivity contribution >= 4 is 25.2 Å². The van der Waals surface area contributed by atoms with Crippen LogP contribution < -0.4 is 9.92 Å². The van der Waals surface area contributed by atoms with Crippen LogP contribution in [0.4, 0.5) is 13.2 Å². The molecule has 37 heavy (non-hydrogen) atoms. The SMILES string of the molecule is NC1=NC(c2ccc(OS(=O)(=O)C(F)(F)P)cc2)(c2ccc(F)c(-c3cncnc3)c2)c2ccccc21. The van der Waals surface area contributed by atoms with Gasteiger partial charge in [0, 0.05) is 29.1 Å². The number of hydrogen-bond acceptors (Lipinski definition) is 7. The fourth-order valence-electron chi connectivity index (χ4n) is 4.27. The number of aliphatic imine (C=N–C) groups is 1. The molecule has 0 spiro atoms. The average Bonchev–Trinajstić information content (AvgIpc) is 3.18. The molecule has 2 unspecified atom stereocenters. The number of fused-ring (bicyclic) bond motifs is 1. The number of hydrogen-bond donors (Lipinski definition) is 1. The second kappa shape index (κ2) is 8.93. The van der Waals surface area contributed by atoms with Gasteiger partial charge in [-0.2, -0.15) is 17.2 Å². The number of amidine groups is 1. The Labute approximate surface area is 212 Å². The monoisotopic (exact) mass is 542 g/mol. The molecule has 7 nitrogen and oxygen atoms in total. The average molecular weight is 542 g/mol. The minimum absolute atomic E-state index is 0.240. The fourth-order valence-corrected chi connectivity index (χ4v) is 4.89. The van der Waals surface area contributed by atoms with Gasteiger partial charge < -0.3 is 9.92 Å². The largest absolute Gasteiger partial charge is 0.390 e. The van der Waals surface area contributed by atoms with Gasteiger partial charge in [0.1, 0.15) is 29.3 Å². The van der Waals surface area contributed by atoms with Gasteiger partial charge in [-0.05, 0) is 50.2 Å². The molecule has 5 rings (SSSR count). The number of benzene rings is 3. The molecule has 0 amide bonds. The van der Waals surface area contributed by atoms with Crippen LogP contribution in [-0.2, 0) is 15.7 Å². The second-order valence-electron chi connectivity index (χ2n) is 8.20. The molecule has 0 saturated heterocycles. The van der Waals surface area contributed by atoms with Gasteiger partial charge in [0.15, 0.2) is 0 Å². The van der Waals surface area contributed by atoms with Crippen LogP contribution in [0.25, 0.3) is 11.1 Å². The van der Waals surface area contributed by atoms with Crippen molar-refractivity contribution in [2.24, 2.45) is 10.7 Å². The number of halogens is 3. The lowest BCUT2D eigenvalue weighted by Crippen LogP contribution is -2.27. The molecule has 0 radical (unpaired) electrons. The summed E-state index contributed by atoms with van der Waals surface area (Å²) in [5, 5.41) is 0. The van der Waals surface area contributed by atoms with Crippen molar-refractivity contribution in [2.75, 3.05) is 0 Å². The molecule has 0 aliphatic carbocycles. The van der Waals surface area contributed by atoms with Crippen molar-refractivity contribution in [1.29, 1.82) is 0 Å². The van der Waals surface area contributed by atoms with E-state index in [9.17, 15) is 21.6 Å². The summed E-state index contributed by atoms with van der Waals surface area (Å²) in [4.78, 5) is 8.56. The Morgan fingerprint density at radius 2 is 1.57 bits per heavy atom. The quantitative estimate of drug-likeness (QED) is 0.285. The van der Waals surface area contributed by atoms with E-state index in [0.29, 0.717) is 27.8 Å². The van der Waals surface area contributed by atoms with Crippen molar-refractivity contribution in [2.45, 2.75) is 10.5 Å². The molecule has 1 aromatic heterocycles. The third-order valence-electron chi connectivity index (χ3n) is 5.95. The Hall–Kier alpha value is -3.82. The molecule has 12 heteroatoms. The predicted molar refractivity (Wildman–Crippen MR) is 135 cm³/mol. The maximum Gasteiger partial charge on any atom is 0.390 e. The van der Waals surface area contributed by atoms with Gasteiger partial charge in [0.05, 0.1) is 0 Å². The number of nitrogens with two attached hydrogens (primary N) is 1. The summed E-state index contributed by atoms with van der Waals surface area (Å²) in [7, 11) is -4.29. The first-order valence-electron chi connectivity index (χ1n) is 10.7. The van der Waals surface area contributed by atoms with E-state index in [1.54, 1.807) is 24.3 Å². The third-order valence-corrected chi connectivity index (χ3v) is 7.89. The summed E-state index contributed by atoms with van der Waals surface area (Å²) < 4.78 is 69.8. The molecule has 0 bridgehead atoms. The van der Waals surface area contributed by atoms with Gasteiger partial charge in [-0.25, -0.2) is 19.4 Å². The first kappa shape index (κ1) is 24.9. The smallest absolute Gasteiger partial charge is 0.383 e. The number of aromatic nitrogens is 2. The summed E-state index contributed by atoms with van der Waals surface area (Å²) in [5.74, 6) is -0.565. The standard InChI is InChI=1S/C25H18F3N4O3PS/c26-22-10-7-17(11-20(22)15-12-30-14-31-13-15)24(21-4-2-1-3-19(21)23(29)32-24)16-5-8-18(9-6-16)35-37(33,34)25(27,28)36/h1-14H,36H2,(H2,29,32). The van der Waals surface area contributed by atoms with Gasteiger partial charge in [-0.1, -0.05) is 42.5 Å². The molecule has 188 valence electrons. The lowest BCUT2D eigenvalue weighted by molar-refractivity contribution is 0.181. The Morgan fingerprint density at radius 1 is 0.919 bits per heavy atom. The molecule has 1 aliphatic heterocycles. The number of alkyl halides is 2. The van der Waals surface area contributed by atoms with Crippen molar-refractivity contribution in [3.05, 3.63) is 114 Å². The zero-order valence-electron chi connectivity index (χ0n) is 18.8. The van der Waals surface area contributed by atoms with Crippen molar-refractivity contribution < 1.29 is 25.8 Å². The molecule has 3 aromatic carbocycles. The summed E-state index contributed by atoms with van der Waals surface area (Å²) in [6, 6.07) is 17.2. The van der Waals surface area contributed by atoms with E-state index in [1.807, 2.05) is 12.1 Å². The zero-order chi connectivity index (χ0) is 26.4. The van der Waals surface area contributed by atoms with Gasteiger partial charge in [0.2, 0.25) is 0 Å². The molecule has 2 heterocycles. The highest BCUT2D eigenvalue weighted by Gasteiger charge is 2.44. The van der Waals surface area contributed by atoms with Gasteiger partial charge in [0.25, 0.3) is 0 Å². The fraction of sp³-hybridized carbons (Fsp3) is 0.0800. The first-order chi connectivity index (χ1) is 17.5. The minimum Gasteiger partial charge on any atom is -0.383 e. The highest BCUT2D eigenvalue weighted by molar-refractivity contribution is 7.92. The Kier molecular flexibility index (Phi) is 6.00. The molecule has 2 N–H and O–H groups in total. The molecule has 0 fully saturated rings. The van der Waals surface area contributed by atoms with E-state index in [0.717, 1.165) is 9.24 Å². The Morgan fingerprint density at radius 3 is 2.24 bits per heavy atom. The van der Waals surface area contributed by atoms with Crippen LogP contribution >= 0.6 is 9.24 Å². The summed E-state index contributed by atoms with van der Waals surface area (Å²) >= 11 is 0. The van der Waals surface area contributed by atoms with Gasteiger partial charge in [-0.3, -0.25) is 0 Å². The van der Waals surface area contributed by atoms with Crippen LogP contribution in [0.1, 0.15) is 22.3 Å². The highest BCUT2D eigenvalue weighted by atomic mass is 32.2. The summed E-state index contributed by atoms with van der Waals surface area (Å²) in [5.41, 5.74) is 8.19. The Bertz CT molecular complexity index is 1630. The van der Waals surface area contributed by atoms with Crippen LogP contribution in [0.3, 0.4) is 0 Å². The van der Waals surface area contributed by atoms with E-state index in [1.165, 1.54) is 49.1 Å². The van der Waals surface area contributed by atoms with E-state index in [-0.39, 0.29) is 17.1 Å². The van der Waals surface area contributed by atoms with Crippen LogP contribution in [-0.4, -0.2) is 29.2 Å². The maximum atomic E-state index is 14.9. The minimum atomic E-state index is -5.22. The van der Waals surface area contributed by atoms with Crippen LogP contribution in [0.5, 0.6) is 5.75 Å². The van der Waals surface area contributed by atoms with Crippen LogP contribution in [0, 0.1) is 5.82 Å². The number of nitrogens with zero attached hydrogens (tertiary/aromatic N) is 3. The molecular formula is C25H18F3N4O3PS. The van der Waals surface area contributed by atoms with Crippen molar-refractivity contribution in [3.8, 4) is 16.9 Å². The lowest BCUT2D eigenvalue weighted by Gasteiger charge is -2.30. The lowest BCUT2D eigenvalue weighted by atomic mass is 9.77. The van der Waals surface area contributed by atoms with Crippen molar-refractivity contribution in [3.63, 3.8) is 0 Å². The molecular weight excluding hydrogens is 524 g/mol. The zero-order valence-corrected chi connectivity index (χ0v) is 20.8. The molecule has 0 saturated carbocycles. The third kappa shape index (κ3) is 4.24. The van der Waals surface area contributed by atoms with E-state index >= 15 is 0 Å². The van der Waals surface area contributed by atoms with Crippen molar-refractivity contribution in [1.82, 2.24) is 9.97 Å². The molecule has 4 aromatic rings. The topological polar surface area (TPSA) is 108 Å². The normalized spacial score (nSPS) is 17.2. The molecule has 2 atom stereocenters. The van der Waals surface area contributed by atoms with Gasteiger partial charge in [-0.15, -0.1) is 0 Å². The predicted octanol–water partition coefficient (Wildman–Crippen LogP) is 4.43. The maximum absolute atomic E-state index is 14.9. The van der Waals surface area contributed by atoms with E-state index in [4.69, 9.17) is 10.7 Å². The molecule has 1 aliphatic rings. The summed E-state index contributed by atoms with van der Waals surface area (Å²) in [6.45, 7) is 0. The first-order valence-corrected chi connectivity index (χ1v) is 12.7. The summed E-state index contributed by atoms with van der Waals surface area (Å²) in [6.07, 6.45) is 4.30. The van der Waals surface area contributed by atoms with Gasteiger partial charge >= 0.3 is 15.1 Å². The van der Waals surface area contributed by atoms with E-state index < -0.39 is 26.5 Å². The van der Waals surface area contributed by atoms with Crippen LogP contribution in [0.15, 0.2) is 90.4 Å². The number of rotatable bonds is 6. The highest BCUT2D eigenvalue weighted by Crippen LogP contribution is 2.47. The van der Waals surface area contributed by atoms with Crippen LogP contribution in [0.2, 0.25) is 0 Å². The second-order valence-corrected chi connectivity index (χ2v) is 11.0.